The smallest absolute Gasteiger partial charge is 0.337 e. The predicted octanol–water partition coefficient (Wildman–Crippen LogP) is 3.73. The number of methoxy groups -OCH3 is 1. The number of halogens is 1. The quantitative estimate of drug-likeness (QED) is 0.844. The molecule has 2 aromatic rings. The van der Waals surface area contributed by atoms with Gasteiger partial charge in [0.15, 0.2) is 0 Å². The highest BCUT2D eigenvalue weighted by atomic mass is 79.9. The minimum absolute atomic E-state index is 0.120. The lowest BCUT2D eigenvalue weighted by Gasteiger charge is -2.15. The van der Waals surface area contributed by atoms with Crippen LogP contribution in [0.4, 0.5) is 0 Å². The number of rotatable bonds is 4. The molecule has 0 bridgehead atoms. The molecule has 1 atom stereocenters. The average Bonchev–Trinajstić information content (AvgIpc) is 2.54. The van der Waals surface area contributed by atoms with Gasteiger partial charge in [-0.3, -0.25) is 4.79 Å². The van der Waals surface area contributed by atoms with Crippen molar-refractivity contribution in [2.24, 2.45) is 0 Å². The summed E-state index contributed by atoms with van der Waals surface area (Å²) in [5.41, 5.74) is 1.92. The fourth-order valence-electron chi connectivity index (χ4n) is 2.01. The van der Waals surface area contributed by atoms with Crippen LogP contribution in [0.1, 0.15) is 39.2 Å². The van der Waals surface area contributed by atoms with Crippen molar-refractivity contribution >= 4 is 27.8 Å². The third-order valence-corrected chi connectivity index (χ3v) is 3.76. The summed E-state index contributed by atoms with van der Waals surface area (Å²) in [4.78, 5) is 23.6. The van der Waals surface area contributed by atoms with Crippen molar-refractivity contribution in [1.29, 1.82) is 0 Å². The number of carbonyl (C=O) groups is 2. The summed E-state index contributed by atoms with van der Waals surface area (Å²) in [7, 11) is 1.32. The lowest BCUT2D eigenvalue weighted by molar-refractivity contribution is 0.0600. The second-order valence-electron chi connectivity index (χ2n) is 4.82. The molecule has 22 heavy (non-hydrogen) atoms. The fourth-order valence-corrected chi connectivity index (χ4v) is 2.43. The summed E-state index contributed by atoms with van der Waals surface area (Å²) < 4.78 is 5.59. The average molecular weight is 362 g/mol. The van der Waals surface area contributed by atoms with Crippen LogP contribution in [0.15, 0.2) is 53.0 Å². The van der Waals surface area contributed by atoms with E-state index in [4.69, 9.17) is 0 Å². The molecule has 2 rings (SSSR count). The third kappa shape index (κ3) is 3.95. The van der Waals surface area contributed by atoms with E-state index in [0.29, 0.717) is 11.1 Å². The molecule has 0 saturated heterocycles. The van der Waals surface area contributed by atoms with Gasteiger partial charge in [0.25, 0.3) is 5.91 Å². The van der Waals surface area contributed by atoms with Crippen LogP contribution in [0.2, 0.25) is 0 Å². The van der Waals surface area contributed by atoms with E-state index in [1.807, 2.05) is 31.2 Å². The van der Waals surface area contributed by atoms with Crippen molar-refractivity contribution in [1.82, 2.24) is 5.32 Å². The first-order chi connectivity index (χ1) is 10.5. The second-order valence-corrected chi connectivity index (χ2v) is 5.73. The Morgan fingerprint density at radius 1 is 1.09 bits per heavy atom. The second kappa shape index (κ2) is 7.22. The van der Waals surface area contributed by atoms with Gasteiger partial charge in [0.1, 0.15) is 0 Å². The maximum atomic E-state index is 12.2. The molecule has 0 aliphatic carbocycles. The molecular weight excluding hydrogens is 346 g/mol. The monoisotopic (exact) mass is 361 g/mol. The number of hydrogen-bond acceptors (Lipinski definition) is 3. The highest BCUT2D eigenvalue weighted by Gasteiger charge is 2.12. The molecule has 4 nitrogen and oxygen atoms in total. The first kappa shape index (κ1) is 16.2. The van der Waals surface area contributed by atoms with E-state index >= 15 is 0 Å². The molecule has 0 radical (unpaired) electrons. The topological polar surface area (TPSA) is 55.4 Å². The van der Waals surface area contributed by atoms with Crippen molar-refractivity contribution in [3.8, 4) is 0 Å². The van der Waals surface area contributed by atoms with Crippen LogP contribution in [0.5, 0.6) is 0 Å². The van der Waals surface area contributed by atoms with E-state index in [-0.39, 0.29) is 11.9 Å². The molecule has 1 amide bonds. The highest BCUT2D eigenvalue weighted by Crippen LogP contribution is 2.18. The van der Waals surface area contributed by atoms with Crippen molar-refractivity contribution in [3.63, 3.8) is 0 Å². The van der Waals surface area contributed by atoms with E-state index in [9.17, 15) is 9.59 Å². The van der Waals surface area contributed by atoms with Gasteiger partial charge in [-0.15, -0.1) is 0 Å². The van der Waals surface area contributed by atoms with Gasteiger partial charge in [0, 0.05) is 10.0 Å². The number of hydrogen-bond donors (Lipinski definition) is 1. The number of benzene rings is 2. The number of carbonyl (C=O) groups excluding carboxylic acids is 2. The SMILES string of the molecule is COC(=O)c1ccc(C(=O)NC(C)c2cccc(Br)c2)cc1. The van der Waals surface area contributed by atoms with Crippen molar-refractivity contribution in [3.05, 3.63) is 69.7 Å². The van der Waals surface area contributed by atoms with Gasteiger partial charge in [-0.05, 0) is 48.9 Å². The summed E-state index contributed by atoms with van der Waals surface area (Å²) in [6, 6.07) is 14.0. The lowest BCUT2D eigenvalue weighted by Crippen LogP contribution is -2.26. The Bertz CT molecular complexity index is 683. The first-order valence-electron chi connectivity index (χ1n) is 6.76. The molecule has 2 aromatic carbocycles. The van der Waals surface area contributed by atoms with Crippen LogP contribution in [0.25, 0.3) is 0 Å². The number of ether oxygens (including phenoxy) is 1. The molecule has 0 aromatic heterocycles. The van der Waals surface area contributed by atoms with Crippen LogP contribution in [0, 0.1) is 0 Å². The fraction of sp³-hybridized carbons (Fsp3) is 0.176. The first-order valence-corrected chi connectivity index (χ1v) is 7.55. The number of amides is 1. The van der Waals surface area contributed by atoms with Crippen LogP contribution < -0.4 is 5.32 Å². The Balaban J connectivity index is 2.07. The van der Waals surface area contributed by atoms with Gasteiger partial charge in [0.2, 0.25) is 0 Å². The zero-order chi connectivity index (χ0) is 16.1. The molecule has 0 fully saturated rings. The summed E-state index contributed by atoms with van der Waals surface area (Å²) in [5.74, 6) is -0.613. The Kier molecular flexibility index (Phi) is 5.33. The van der Waals surface area contributed by atoms with Crippen molar-refractivity contribution in [2.75, 3.05) is 7.11 Å². The molecular formula is C17H16BrNO3. The zero-order valence-electron chi connectivity index (χ0n) is 12.3. The van der Waals surface area contributed by atoms with Crippen LogP contribution in [-0.2, 0) is 4.74 Å². The maximum Gasteiger partial charge on any atom is 0.337 e. The summed E-state index contributed by atoms with van der Waals surface area (Å²) in [6.07, 6.45) is 0. The molecule has 0 aliphatic heterocycles. The molecule has 0 spiro atoms. The third-order valence-electron chi connectivity index (χ3n) is 3.26. The van der Waals surface area contributed by atoms with Gasteiger partial charge < -0.3 is 10.1 Å². The number of esters is 1. The van der Waals surface area contributed by atoms with Gasteiger partial charge in [0.05, 0.1) is 18.7 Å². The van der Waals surface area contributed by atoms with Crippen LogP contribution in [-0.4, -0.2) is 19.0 Å². The van der Waals surface area contributed by atoms with E-state index < -0.39 is 5.97 Å². The normalized spacial score (nSPS) is 11.6. The Morgan fingerprint density at radius 2 is 1.73 bits per heavy atom. The summed E-state index contributed by atoms with van der Waals surface area (Å²) in [6.45, 7) is 1.92. The van der Waals surface area contributed by atoms with Gasteiger partial charge >= 0.3 is 5.97 Å². The van der Waals surface area contributed by atoms with E-state index in [1.54, 1.807) is 24.3 Å². The van der Waals surface area contributed by atoms with Gasteiger partial charge in [-0.1, -0.05) is 28.1 Å². The van der Waals surface area contributed by atoms with Crippen LogP contribution >= 0.6 is 15.9 Å². The summed E-state index contributed by atoms with van der Waals surface area (Å²) in [5, 5.41) is 2.93. The maximum absolute atomic E-state index is 12.2. The van der Waals surface area contributed by atoms with Gasteiger partial charge in [-0.2, -0.15) is 0 Å². The minimum Gasteiger partial charge on any atom is -0.465 e. The summed E-state index contributed by atoms with van der Waals surface area (Å²) >= 11 is 3.41. The predicted molar refractivity (Wildman–Crippen MR) is 87.8 cm³/mol. The largest absolute Gasteiger partial charge is 0.465 e. The molecule has 1 N–H and O–H groups in total. The Hall–Kier alpha value is -2.14. The highest BCUT2D eigenvalue weighted by molar-refractivity contribution is 9.10. The lowest BCUT2D eigenvalue weighted by atomic mass is 10.1. The number of nitrogens with one attached hydrogen (secondary N) is 1. The Labute approximate surface area is 137 Å². The molecule has 5 heteroatoms. The molecule has 114 valence electrons. The standard InChI is InChI=1S/C17H16BrNO3/c1-11(14-4-3-5-15(18)10-14)19-16(20)12-6-8-13(9-7-12)17(21)22-2/h3-11H,1-2H3,(H,19,20). The molecule has 0 saturated carbocycles. The van der Waals surface area contributed by atoms with E-state index in [0.717, 1.165) is 10.0 Å². The van der Waals surface area contributed by atoms with E-state index in [2.05, 4.69) is 26.0 Å². The van der Waals surface area contributed by atoms with Crippen molar-refractivity contribution in [2.45, 2.75) is 13.0 Å². The Morgan fingerprint density at radius 3 is 2.32 bits per heavy atom. The molecule has 0 heterocycles. The van der Waals surface area contributed by atoms with Crippen molar-refractivity contribution < 1.29 is 14.3 Å². The van der Waals surface area contributed by atoms with Gasteiger partial charge in [-0.25, -0.2) is 4.79 Å². The molecule has 0 aliphatic rings. The van der Waals surface area contributed by atoms with E-state index in [1.165, 1.54) is 7.11 Å². The zero-order valence-corrected chi connectivity index (χ0v) is 13.9. The molecule has 1 unspecified atom stereocenters. The van der Waals surface area contributed by atoms with Crippen LogP contribution in [0.3, 0.4) is 0 Å². The minimum atomic E-state index is -0.422.